The molecular weight excluding hydrogens is 316 g/mol. The predicted molar refractivity (Wildman–Crippen MR) is 101 cm³/mol. The Morgan fingerprint density at radius 3 is 1.72 bits per heavy atom. The number of esters is 1. The summed E-state index contributed by atoms with van der Waals surface area (Å²) in [5.74, 6) is -1.24. The first-order chi connectivity index (χ1) is 12.0. The highest BCUT2D eigenvalue weighted by molar-refractivity contribution is 5.76. The fourth-order valence-electron chi connectivity index (χ4n) is 3.79. The van der Waals surface area contributed by atoms with Gasteiger partial charge in [-0.1, -0.05) is 84.0 Å². The number of hydrogen-bond acceptors (Lipinski definition) is 4. The number of ether oxygens (including phenoxy) is 1. The van der Waals surface area contributed by atoms with Gasteiger partial charge < -0.3 is 14.9 Å². The number of carbonyl (C=O) groups is 1. The van der Waals surface area contributed by atoms with Crippen LogP contribution < -0.4 is 0 Å². The predicted octanol–water partition coefficient (Wildman–Crippen LogP) is 4.75. The lowest BCUT2D eigenvalue weighted by Gasteiger charge is -2.27. The molecule has 0 bridgehead atoms. The Morgan fingerprint density at radius 1 is 0.880 bits per heavy atom. The van der Waals surface area contributed by atoms with Crippen molar-refractivity contribution in [2.75, 3.05) is 6.61 Å². The average molecular weight is 357 g/mol. The molecule has 25 heavy (non-hydrogen) atoms. The Morgan fingerprint density at radius 2 is 1.32 bits per heavy atom. The van der Waals surface area contributed by atoms with Crippen molar-refractivity contribution < 1.29 is 19.7 Å². The molecule has 2 N–H and O–H groups in total. The molecule has 1 aliphatic heterocycles. The number of hydrogen-bond donors (Lipinski definition) is 2. The van der Waals surface area contributed by atoms with Crippen molar-refractivity contribution in [3.8, 4) is 0 Å². The molecule has 1 heterocycles. The first-order valence-electron chi connectivity index (χ1n) is 10.6. The van der Waals surface area contributed by atoms with Crippen molar-refractivity contribution in [1.82, 2.24) is 0 Å². The van der Waals surface area contributed by atoms with Gasteiger partial charge in [0.05, 0.1) is 6.61 Å². The van der Waals surface area contributed by atoms with Gasteiger partial charge in [-0.25, -0.2) is 0 Å². The van der Waals surface area contributed by atoms with Crippen LogP contribution in [0.2, 0.25) is 0 Å². The minimum atomic E-state index is -0.887. The van der Waals surface area contributed by atoms with Gasteiger partial charge in [-0.3, -0.25) is 4.79 Å². The van der Waals surface area contributed by atoms with Gasteiger partial charge in [0.25, 0.3) is 0 Å². The zero-order valence-corrected chi connectivity index (χ0v) is 16.5. The van der Waals surface area contributed by atoms with E-state index < -0.39 is 23.6 Å². The monoisotopic (exact) mass is 356 g/mol. The van der Waals surface area contributed by atoms with Gasteiger partial charge in [0, 0.05) is 0 Å². The molecule has 0 aromatic rings. The number of rotatable bonds is 15. The number of aliphatic hydroxyl groups excluding tert-OH is 2. The van der Waals surface area contributed by atoms with Crippen molar-refractivity contribution in [2.24, 2.45) is 5.92 Å². The van der Waals surface area contributed by atoms with E-state index in [0.29, 0.717) is 6.42 Å². The van der Waals surface area contributed by atoms with Gasteiger partial charge in [0.2, 0.25) is 0 Å². The highest BCUT2D eigenvalue weighted by Gasteiger charge is 2.51. The van der Waals surface area contributed by atoms with Crippen LogP contribution in [-0.2, 0) is 9.53 Å². The van der Waals surface area contributed by atoms with Gasteiger partial charge in [0.1, 0.15) is 17.6 Å². The molecule has 1 aliphatic rings. The van der Waals surface area contributed by atoms with Crippen molar-refractivity contribution >= 4 is 5.97 Å². The van der Waals surface area contributed by atoms with Crippen LogP contribution in [-0.4, -0.2) is 34.5 Å². The highest BCUT2D eigenvalue weighted by atomic mass is 16.6. The SMILES string of the molecule is CCCCCCCCCCCCCCC[C@]1(C)OC(=O)[C@H](CO)[C@H]1O. The topological polar surface area (TPSA) is 66.8 Å². The Hall–Kier alpha value is -0.610. The van der Waals surface area contributed by atoms with E-state index in [2.05, 4.69) is 6.92 Å². The molecule has 1 saturated heterocycles. The maximum absolute atomic E-state index is 11.6. The Labute approximate surface area is 154 Å². The molecule has 0 aliphatic carbocycles. The van der Waals surface area contributed by atoms with E-state index >= 15 is 0 Å². The van der Waals surface area contributed by atoms with Crippen LogP contribution in [0.5, 0.6) is 0 Å². The molecular formula is C21H40O4. The second-order valence-corrected chi connectivity index (χ2v) is 7.96. The standard InChI is InChI=1S/C21H40O4/c1-3-4-5-6-7-8-9-10-11-12-13-14-15-16-21(2)19(23)18(17-22)20(24)25-21/h18-19,22-23H,3-17H2,1-2H3/t18-,19-,21+/m1/s1. The molecule has 0 unspecified atom stereocenters. The fourth-order valence-corrected chi connectivity index (χ4v) is 3.79. The van der Waals surface area contributed by atoms with Crippen molar-refractivity contribution in [3.63, 3.8) is 0 Å². The van der Waals surface area contributed by atoms with Crippen LogP contribution in [0.4, 0.5) is 0 Å². The van der Waals surface area contributed by atoms with Gasteiger partial charge in [-0.2, -0.15) is 0 Å². The number of cyclic esters (lactones) is 1. The largest absolute Gasteiger partial charge is 0.456 e. The van der Waals surface area contributed by atoms with Crippen molar-refractivity contribution in [1.29, 1.82) is 0 Å². The van der Waals surface area contributed by atoms with Gasteiger partial charge in [-0.15, -0.1) is 0 Å². The number of unbranched alkanes of at least 4 members (excludes halogenated alkanes) is 12. The van der Waals surface area contributed by atoms with Crippen molar-refractivity contribution in [2.45, 2.75) is 115 Å². The Bertz CT molecular complexity index is 358. The zero-order chi connectivity index (χ0) is 18.5. The molecule has 0 amide bonds. The quantitative estimate of drug-likeness (QED) is 0.328. The molecule has 148 valence electrons. The molecule has 0 aromatic heterocycles. The van der Waals surface area contributed by atoms with Gasteiger partial charge in [0.15, 0.2) is 0 Å². The van der Waals surface area contributed by atoms with Crippen LogP contribution in [0, 0.1) is 5.92 Å². The lowest BCUT2D eigenvalue weighted by molar-refractivity contribution is -0.151. The van der Waals surface area contributed by atoms with E-state index in [1.807, 2.05) is 0 Å². The number of carbonyl (C=O) groups excluding carboxylic acids is 1. The van der Waals surface area contributed by atoms with Crippen LogP contribution in [0.3, 0.4) is 0 Å². The first kappa shape index (κ1) is 22.4. The Kier molecular flexibility index (Phi) is 11.4. The summed E-state index contributed by atoms with van der Waals surface area (Å²) in [4.78, 5) is 11.6. The average Bonchev–Trinajstić information content (AvgIpc) is 2.80. The van der Waals surface area contributed by atoms with Crippen LogP contribution in [0.25, 0.3) is 0 Å². The molecule has 0 saturated carbocycles. The van der Waals surface area contributed by atoms with Crippen LogP contribution >= 0.6 is 0 Å². The third-order valence-electron chi connectivity index (χ3n) is 5.62. The van der Waals surface area contributed by atoms with E-state index in [9.17, 15) is 9.90 Å². The minimum absolute atomic E-state index is 0.339. The van der Waals surface area contributed by atoms with Gasteiger partial charge >= 0.3 is 5.97 Å². The second-order valence-electron chi connectivity index (χ2n) is 7.96. The third-order valence-corrected chi connectivity index (χ3v) is 5.62. The summed E-state index contributed by atoms with van der Waals surface area (Å²) in [5, 5.41) is 19.3. The summed E-state index contributed by atoms with van der Waals surface area (Å²) in [6, 6.07) is 0. The molecule has 4 nitrogen and oxygen atoms in total. The highest BCUT2D eigenvalue weighted by Crippen LogP contribution is 2.35. The maximum Gasteiger partial charge on any atom is 0.314 e. The third kappa shape index (κ3) is 8.08. The van der Waals surface area contributed by atoms with E-state index in [1.54, 1.807) is 6.92 Å². The second kappa shape index (κ2) is 12.7. The molecule has 1 fully saturated rings. The fraction of sp³-hybridized carbons (Fsp3) is 0.952. The maximum atomic E-state index is 11.6. The minimum Gasteiger partial charge on any atom is -0.456 e. The summed E-state index contributed by atoms with van der Waals surface area (Å²) in [6.07, 6.45) is 16.7. The molecule has 0 aromatic carbocycles. The lowest BCUT2D eigenvalue weighted by atomic mass is 9.87. The molecule has 4 heteroatoms. The summed E-state index contributed by atoms with van der Waals surface area (Å²) in [5.41, 5.74) is -0.817. The summed E-state index contributed by atoms with van der Waals surface area (Å²) < 4.78 is 5.32. The lowest BCUT2D eigenvalue weighted by Crippen LogP contribution is -2.39. The van der Waals surface area contributed by atoms with Crippen LogP contribution in [0.15, 0.2) is 0 Å². The summed E-state index contributed by atoms with van der Waals surface area (Å²) in [6.45, 7) is 3.70. The number of aliphatic hydroxyl groups is 2. The van der Waals surface area contributed by atoms with E-state index in [1.165, 1.54) is 70.6 Å². The normalized spacial score (nSPS) is 26.2. The van der Waals surface area contributed by atoms with E-state index in [-0.39, 0.29) is 6.61 Å². The Balaban J connectivity index is 1.94. The first-order valence-corrected chi connectivity index (χ1v) is 10.6. The zero-order valence-electron chi connectivity index (χ0n) is 16.5. The molecule has 0 radical (unpaired) electrons. The summed E-state index contributed by atoms with van der Waals surface area (Å²) in [7, 11) is 0. The molecule has 1 rings (SSSR count). The molecule has 3 atom stereocenters. The summed E-state index contributed by atoms with van der Waals surface area (Å²) >= 11 is 0. The van der Waals surface area contributed by atoms with E-state index in [4.69, 9.17) is 9.84 Å². The van der Waals surface area contributed by atoms with Crippen LogP contribution in [0.1, 0.15) is 104 Å². The van der Waals surface area contributed by atoms with Gasteiger partial charge in [-0.05, 0) is 19.8 Å². The molecule has 0 spiro atoms. The smallest absolute Gasteiger partial charge is 0.314 e. The van der Waals surface area contributed by atoms with Crippen molar-refractivity contribution in [3.05, 3.63) is 0 Å². The van der Waals surface area contributed by atoms with E-state index in [0.717, 1.165) is 12.8 Å².